The molecule has 2 aromatic heterocycles. The lowest BCUT2D eigenvalue weighted by atomic mass is 9.80. The van der Waals surface area contributed by atoms with Crippen molar-refractivity contribution < 1.29 is 14.3 Å². The summed E-state index contributed by atoms with van der Waals surface area (Å²) < 4.78 is 6.96. The highest BCUT2D eigenvalue weighted by Gasteiger charge is 2.33. The number of allylic oxidation sites excluding steroid dienone is 1. The van der Waals surface area contributed by atoms with E-state index >= 15 is 0 Å². The van der Waals surface area contributed by atoms with Gasteiger partial charge in [-0.1, -0.05) is 41.6 Å². The van der Waals surface area contributed by atoms with Crippen LogP contribution in [0.1, 0.15) is 66.5 Å². The van der Waals surface area contributed by atoms with Crippen molar-refractivity contribution >= 4 is 29.6 Å². The third kappa shape index (κ3) is 7.33. The van der Waals surface area contributed by atoms with Crippen LogP contribution in [0.25, 0.3) is 6.08 Å². The second-order valence-electron chi connectivity index (χ2n) is 10.4. The standard InChI is InChI=1S/C30H31ClN4O3/c1-20-14-22(11-10-21-8-6-5-7-9-21)17-32-26(20)12-13-27(36)28-25(31)18-33-35(28)19-23-15-24(16-23)34-29(37)38-30(2,3)4/h5-9,12-14,17-18,23-24H,15-16,19H2,1-4H3,(H,34,37)/b13-12+. The van der Waals surface area contributed by atoms with E-state index in [2.05, 4.69) is 27.2 Å². The van der Waals surface area contributed by atoms with E-state index in [0.717, 1.165) is 29.5 Å². The maximum atomic E-state index is 13.0. The maximum Gasteiger partial charge on any atom is 0.407 e. The molecule has 1 amide bonds. The first-order valence-corrected chi connectivity index (χ1v) is 12.9. The third-order valence-corrected chi connectivity index (χ3v) is 6.33. The number of carbonyl (C=O) groups excluding carboxylic acids is 2. The molecule has 0 saturated heterocycles. The van der Waals surface area contributed by atoms with Crippen LogP contribution >= 0.6 is 11.6 Å². The number of rotatable bonds is 6. The smallest absolute Gasteiger partial charge is 0.407 e. The monoisotopic (exact) mass is 530 g/mol. The molecule has 1 aliphatic rings. The van der Waals surface area contributed by atoms with E-state index < -0.39 is 11.7 Å². The lowest BCUT2D eigenvalue weighted by Gasteiger charge is -2.36. The molecule has 4 rings (SSSR count). The van der Waals surface area contributed by atoms with Crippen molar-refractivity contribution in [3.63, 3.8) is 0 Å². The van der Waals surface area contributed by atoms with Crippen molar-refractivity contribution in [2.24, 2.45) is 5.92 Å². The number of halogens is 1. The minimum atomic E-state index is -0.533. The third-order valence-electron chi connectivity index (χ3n) is 6.05. The molecule has 1 N–H and O–H groups in total. The summed E-state index contributed by atoms with van der Waals surface area (Å²) in [6.07, 6.45) is 7.49. The molecule has 1 aliphatic carbocycles. The molecule has 196 valence electrons. The van der Waals surface area contributed by atoms with Crippen molar-refractivity contribution in [1.29, 1.82) is 0 Å². The molecule has 0 atom stereocenters. The number of amides is 1. The summed E-state index contributed by atoms with van der Waals surface area (Å²) in [5.74, 6) is 6.27. The van der Waals surface area contributed by atoms with Crippen LogP contribution in [0.3, 0.4) is 0 Å². The van der Waals surface area contributed by atoms with Gasteiger partial charge in [-0.2, -0.15) is 5.10 Å². The first-order valence-electron chi connectivity index (χ1n) is 12.5. The number of nitrogens with zero attached hydrogens (tertiary/aromatic N) is 3. The minimum Gasteiger partial charge on any atom is -0.444 e. The van der Waals surface area contributed by atoms with Crippen LogP contribution in [0.4, 0.5) is 4.79 Å². The number of alkyl carbamates (subject to hydrolysis) is 1. The molecule has 8 heteroatoms. The number of hydrogen-bond acceptors (Lipinski definition) is 5. The molecule has 0 spiro atoms. The van der Waals surface area contributed by atoms with Crippen molar-refractivity contribution in [1.82, 2.24) is 20.1 Å². The summed E-state index contributed by atoms with van der Waals surface area (Å²) in [5, 5.41) is 7.50. The second-order valence-corrected chi connectivity index (χ2v) is 10.9. The molecule has 3 aromatic rings. The van der Waals surface area contributed by atoms with E-state index in [1.165, 1.54) is 12.3 Å². The SMILES string of the molecule is Cc1cc(C#Cc2ccccc2)cnc1/C=C/C(=O)c1c(Cl)cnn1CC1CC(NC(=O)OC(C)(C)C)C1. The number of carbonyl (C=O) groups is 2. The van der Waals surface area contributed by atoms with Crippen molar-refractivity contribution in [3.05, 3.63) is 88.0 Å². The molecule has 0 bridgehead atoms. The number of aryl methyl sites for hydroxylation is 1. The Morgan fingerprint density at radius 2 is 1.87 bits per heavy atom. The number of aromatic nitrogens is 3. The van der Waals surface area contributed by atoms with Gasteiger partial charge in [0.15, 0.2) is 0 Å². The molecule has 1 saturated carbocycles. The summed E-state index contributed by atoms with van der Waals surface area (Å²) in [7, 11) is 0. The second kappa shape index (κ2) is 11.7. The van der Waals surface area contributed by atoms with Gasteiger partial charge in [-0.05, 0) is 82.4 Å². The zero-order valence-electron chi connectivity index (χ0n) is 22.0. The first kappa shape index (κ1) is 27.2. The zero-order chi connectivity index (χ0) is 27.3. The summed E-state index contributed by atoms with van der Waals surface area (Å²) in [6.45, 7) is 7.97. The van der Waals surface area contributed by atoms with Crippen LogP contribution in [0.2, 0.25) is 5.02 Å². The molecule has 0 unspecified atom stereocenters. The highest BCUT2D eigenvalue weighted by molar-refractivity contribution is 6.34. The number of pyridine rings is 1. The Morgan fingerprint density at radius 1 is 1.16 bits per heavy atom. The Bertz CT molecular complexity index is 1400. The first-order chi connectivity index (χ1) is 18.1. The van der Waals surface area contributed by atoms with Crippen LogP contribution in [0.5, 0.6) is 0 Å². The molecule has 0 radical (unpaired) electrons. The summed E-state index contributed by atoms with van der Waals surface area (Å²) >= 11 is 6.32. The largest absolute Gasteiger partial charge is 0.444 e. The van der Waals surface area contributed by atoms with Gasteiger partial charge in [-0.15, -0.1) is 0 Å². The van der Waals surface area contributed by atoms with E-state index in [9.17, 15) is 9.59 Å². The van der Waals surface area contributed by atoms with Gasteiger partial charge >= 0.3 is 6.09 Å². The van der Waals surface area contributed by atoms with Crippen molar-refractivity contribution in [2.45, 2.75) is 58.7 Å². The fraction of sp³-hybridized carbons (Fsp3) is 0.333. The van der Waals surface area contributed by atoms with Crippen LogP contribution in [-0.2, 0) is 11.3 Å². The van der Waals surface area contributed by atoms with Gasteiger partial charge in [0.2, 0.25) is 5.78 Å². The predicted molar refractivity (Wildman–Crippen MR) is 148 cm³/mol. The van der Waals surface area contributed by atoms with E-state index in [1.807, 2.05) is 64.1 Å². The van der Waals surface area contributed by atoms with Gasteiger partial charge in [0.1, 0.15) is 11.3 Å². The average Bonchev–Trinajstić information content (AvgIpc) is 3.20. The number of ether oxygens (including phenoxy) is 1. The Kier molecular flexibility index (Phi) is 8.33. The molecule has 7 nitrogen and oxygen atoms in total. The van der Waals surface area contributed by atoms with E-state index in [4.69, 9.17) is 16.3 Å². The zero-order valence-corrected chi connectivity index (χ0v) is 22.7. The number of hydrogen-bond donors (Lipinski definition) is 1. The van der Waals surface area contributed by atoms with Gasteiger partial charge in [0.25, 0.3) is 0 Å². The summed E-state index contributed by atoms with van der Waals surface area (Å²) in [6, 6.07) is 11.8. The maximum absolute atomic E-state index is 13.0. The lowest BCUT2D eigenvalue weighted by Crippen LogP contribution is -2.47. The lowest BCUT2D eigenvalue weighted by molar-refractivity contribution is 0.0444. The summed E-state index contributed by atoms with van der Waals surface area (Å²) in [4.78, 5) is 29.5. The topological polar surface area (TPSA) is 86.1 Å². The predicted octanol–water partition coefficient (Wildman–Crippen LogP) is 5.84. The highest BCUT2D eigenvalue weighted by atomic mass is 35.5. The molecule has 38 heavy (non-hydrogen) atoms. The van der Waals surface area contributed by atoms with Crippen LogP contribution in [-0.4, -0.2) is 38.3 Å². The van der Waals surface area contributed by atoms with Crippen LogP contribution < -0.4 is 5.32 Å². The van der Waals surface area contributed by atoms with Gasteiger partial charge in [0.05, 0.1) is 16.9 Å². The fourth-order valence-electron chi connectivity index (χ4n) is 4.19. The molecular formula is C30H31ClN4O3. The van der Waals surface area contributed by atoms with E-state index in [-0.39, 0.29) is 17.7 Å². The summed E-state index contributed by atoms with van der Waals surface area (Å²) in [5.41, 5.74) is 3.14. The van der Waals surface area contributed by atoms with E-state index in [0.29, 0.717) is 23.0 Å². The molecular weight excluding hydrogens is 500 g/mol. The quantitative estimate of drug-likeness (QED) is 0.246. The molecule has 1 fully saturated rings. The Morgan fingerprint density at radius 3 is 2.55 bits per heavy atom. The van der Waals surface area contributed by atoms with Gasteiger partial charge < -0.3 is 10.1 Å². The number of ketones is 1. The van der Waals surface area contributed by atoms with Crippen molar-refractivity contribution in [2.75, 3.05) is 0 Å². The molecule has 1 aromatic carbocycles. The van der Waals surface area contributed by atoms with Crippen molar-refractivity contribution in [3.8, 4) is 11.8 Å². The van der Waals surface area contributed by atoms with E-state index in [1.54, 1.807) is 17.0 Å². The Labute approximate surface area is 228 Å². The van der Waals surface area contributed by atoms with Gasteiger partial charge in [-0.25, -0.2) is 4.79 Å². The van der Waals surface area contributed by atoms with Gasteiger partial charge in [-0.3, -0.25) is 14.5 Å². The van der Waals surface area contributed by atoms with Gasteiger partial charge in [0, 0.05) is 29.9 Å². The normalized spacial score (nSPS) is 16.9. The number of nitrogens with one attached hydrogen (secondary N) is 1. The Hall–Kier alpha value is -3.89. The number of benzene rings is 1. The minimum absolute atomic E-state index is 0.0503. The Balaban J connectivity index is 1.35. The molecule has 0 aliphatic heterocycles. The van der Waals surface area contributed by atoms with Crippen LogP contribution in [0.15, 0.2) is 54.9 Å². The fourth-order valence-corrected chi connectivity index (χ4v) is 4.43. The average molecular weight is 531 g/mol. The van der Waals surface area contributed by atoms with Crippen LogP contribution in [0, 0.1) is 24.7 Å². The highest BCUT2D eigenvalue weighted by Crippen LogP contribution is 2.30. The molecule has 2 heterocycles.